The van der Waals surface area contributed by atoms with E-state index >= 15 is 0 Å². The molecule has 0 saturated carbocycles. The smallest absolute Gasteiger partial charge is 0.256 e. The van der Waals surface area contributed by atoms with E-state index in [1.54, 1.807) is 30.3 Å². The second-order valence-electron chi connectivity index (χ2n) is 5.55. The zero-order valence-corrected chi connectivity index (χ0v) is 14.0. The van der Waals surface area contributed by atoms with Gasteiger partial charge in [0.05, 0.1) is 12.3 Å². The van der Waals surface area contributed by atoms with Crippen LogP contribution in [0.1, 0.15) is 10.4 Å². The van der Waals surface area contributed by atoms with E-state index < -0.39 is 0 Å². The summed E-state index contributed by atoms with van der Waals surface area (Å²) in [4.78, 5) is 21.1. The Morgan fingerprint density at radius 2 is 1.77 bits per heavy atom. The number of carbonyl (C=O) groups is 1. The zero-order valence-electron chi connectivity index (χ0n) is 14.0. The summed E-state index contributed by atoms with van der Waals surface area (Å²) in [6.45, 7) is 0.260. The summed E-state index contributed by atoms with van der Waals surface area (Å²) in [7, 11) is 0. The van der Waals surface area contributed by atoms with Gasteiger partial charge >= 0.3 is 0 Å². The Kier molecular flexibility index (Phi) is 5.40. The summed E-state index contributed by atoms with van der Waals surface area (Å²) in [5.74, 6) is 0.393. The van der Waals surface area contributed by atoms with Crippen LogP contribution in [0.5, 0.6) is 0 Å². The molecule has 0 aliphatic rings. The molecule has 1 amide bonds. The number of carbonyl (C=O) groups excluding carboxylic acids is 1. The van der Waals surface area contributed by atoms with Crippen molar-refractivity contribution in [3.05, 3.63) is 66.2 Å². The number of nitrogens with one attached hydrogen (secondary N) is 2. The number of nitrogen functional groups attached to an aromatic ring is 1. The van der Waals surface area contributed by atoms with Gasteiger partial charge in [0.25, 0.3) is 5.91 Å². The minimum Gasteiger partial charge on any atom is -0.399 e. The molecule has 0 aliphatic carbocycles. The number of anilines is 3. The van der Waals surface area contributed by atoms with Gasteiger partial charge in [-0.05, 0) is 24.3 Å². The van der Waals surface area contributed by atoms with E-state index in [1.807, 2.05) is 30.3 Å². The molecule has 132 valence electrons. The maximum atomic E-state index is 12.4. The molecule has 0 atom stereocenters. The van der Waals surface area contributed by atoms with Crippen molar-refractivity contribution in [3.63, 3.8) is 0 Å². The van der Waals surface area contributed by atoms with E-state index in [0.29, 0.717) is 35.3 Å². The van der Waals surface area contributed by atoms with Crippen molar-refractivity contribution in [2.45, 2.75) is 0 Å². The summed E-state index contributed by atoms with van der Waals surface area (Å²) < 4.78 is 0. The van der Waals surface area contributed by atoms with Crippen LogP contribution in [-0.2, 0) is 0 Å². The highest BCUT2D eigenvalue weighted by Gasteiger charge is 2.11. The number of aromatic nitrogens is 2. The number of hydrogen-bond acceptors (Lipinski definition) is 6. The predicted molar refractivity (Wildman–Crippen MR) is 102 cm³/mol. The lowest BCUT2D eigenvalue weighted by Gasteiger charge is -2.10. The fraction of sp³-hybridized carbons (Fsp3) is 0.105. The van der Waals surface area contributed by atoms with Gasteiger partial charge < -0.3 is 21.5 Å². The summed E-state index contributed by atoms with van der Waals surface area (Å²) in [5, 5.41) is 14.7. The molecular weight excluding hydrogens is 330 g/mol. The van der Waals surface area contributed by atoms with Gasteiger partial charge in [0, 0.05) is 29.4 Å². The predicted octanol–water partition coefficient (Wildman–Crippen LogP) is 2.38. The first-order valence-corrected chi connectivity index (χ1v) is 8.12. The Labute approximate surface area is 150 Å². The lowest BCUT2D eigenvalue weighted by Crippen LogP contribution is -2.15. The third-order valence-corrected chi connectivity index (χ3v) is 3.61. The van der Waals surface area contributed by atoms with Gasteiger partial charge in [-0.1, -0.05) is 30.3 Å². The van der Waals surface area contributed by atoms with Crippen LogP contribution in [0.25, 0.3) is 11.3 Å². The number of nitrogens with two attached hydrogens (primary N) is 1. The molecule has 2 aromatic carbocycles. The Bertz CT molecular complexity index is 882. The molecule has 7 nitrogen and oxygen atoms in total. The molecule has 3 rings (SSSR count). The van der Waals surface area contributed by atoms with Crippen LogP contribution < -0.4 is 16.4 Å². The molecule has 3 aromatic rings. The van der Waals surface area contributed by atoms with Crippen LogP contribution >= 0.6 is 0 Å². The van der Waals surface area contributed by atoms with Gasteiger partial charge in [-0.15, -0.1) is 0 Å². The molecule has 0 radical (unpaired) electrons. The molecule has 0 aliphatic heterocycles. The van der Waals surface area contributed by atoms with Crippen LogP contribution in [0, 0.1) is 0 Å². The van der Waals surface area contributed by atoms with Crippen LogP contribution in [-0.4, -0.2) is 34.1 Å². The van der Waals surface area contributed by atoms with E-state index in [2.05, 4.69) is 20.6 Å². The first-order valence-electron chi connectivity index (χ1n) is 8.12. The molecule has 1 aromatic heterocycles. The van der Waals surface area contributed by atoms with Crippen molar-refractivity contribution in [1.29, 1.82) is 0 Å². The molecule has 0 spiro atoms. The van der Waals surface area contributed by atoms with Gasteiger partial charge in [0.1, 0.15) is 5.82 Å². The van der Waals surface area contributed by atoms with Crippen LogP contribution in [0.3, 0.4) is 0 Å². The van der Waals surface area contributed by atoms with Gasteiger partial charge in [0.2, 0.25) is 5.95 Å². The van der Waals surface area contributed by atoms with Crippen molar-refractivity contribution in [1.82, 2.24) is 9.97 Å². The molecule has 0 fully saturated rings. The Balaban J connectivity index is 1.89. The Morgan fingerprint density at radius 3 is 2.46 bits per heavy atom. The second-order valence-corrected chi connectivity index (χ2v) is 5.55. The quantitative estimate of drug-likeness (QED) is 0.508. The molecule has 0 unspecified atom stereocenters. The lowest BCUT2D eigenvalue weighted by atomic mass is 10.1. The largest absolute Gasteiger partial charge is 0.399 e. The van der Waals surface area contributed by atoms with Crippen molar-refractivity contribution in [2.24, 2.45) is 0 Å². The number of hydrogen-bond donors (Lipinski definition) is 4. The third kappa shape index (κ3) is 4.34. The normalized spacial score (nSPS) is 10.3. The van der Waals surface area contributed by atoms with E-state index in [-0.39, 0.29) is 12.5 Å². The molecule has 0 saturated heterocycles. The van der Waals surface area contributed by atoms with Gasteiger partial charge in [0.15, 0.2) is 0 Å². The summed E-state index contributed by atoms with van der Waals surface area (Å²) >= 11 is 0. The first-order chi connectivity index (χ1) is 12.7. The molecule has 1 heterocycles. The first kappa shape index (κ1) is 17.4. The third-order valence-electron chi connectivity index (χ3n) is 3.61. The van der Waals surface area contributed by atoms with Crippen molar-refractivity contribution in [3.8, 4) is 11.3 Å². The minimum atomic E-state index is -0.296. The molecular formula is C19H19N5O2. The summed E-state index contributed by atoms with van der Waals surface area (Å²) in [6, 6.07) is 17.9. The summed E-state index contributed by atoms with van der Waals surface area (Å²) in [5.41, 5.74) is 8.27. The van der Waals surface area contributed by atoms with Crippen LogP contribution in [0.15, 0.2) is 60.7 Å². The number of aliphatic hydroxyl groups is 1. The lowest BCUT2D eigenvalue weighted by molar-refractivity contribution is 0.102. The van der Waals surface area contributed by atoms with Crippen LogP contribution in [0.4, 0.5) is 17.5 Å². The minimum absolute atomic E-state index is 0.0495. The molecule has 0 bridgehead atoms. The van der Waals surface area contributed by atoms with Crippen molar-refractivity contribution < 1.29 is 9.90 Å². The highest BCUT2D eigenvalue weighted by Crippen LogP contribution is 2.21. The second kappa shape index (κ2) is 8.09. The molecule has 5 N–H and O–H groups in total. The average Bonchev–Trinajstić information content (AvgIpc) is 2.67. The van der Waals surface area contributed by atoms with E-state index in [1.165, 1.54) is 0 Å². The number of rotatable bonds is 6. The fourth-order valence-corrected chi connectivity index (χ4v) is 2.34. The maximum Gasteiger partial charge on any atom is 0.256 e. The van der Waals surface area contributed by atoms with Crippen molar-refractivity contribution in [2.75, 3.05) is 29.5 Å². The number of amides is 1. The van der Waals surface area contributed by atoms with E-state index in [4.69, 9.17) is 10.8 Å². The highest BCUT2D eigenvalue weighted by atomic mass is 16.3. The standard InChI is InChI=1S/C19H19N5O2/c20-15-8-6-14(7-9-15)18(26)23-17-12-16(13-4-2-1-3-5-13)22-19(24-17)21-10-11-25/h1-9,12,25H,10-11,20H2,(H2,21,22,23,24,26). The molecule has 26 heavy (non-hydrogen) atoms. The zero-order chi connectivity index (χ0) is 18.4. The summed E-state index contributed by atoms with van der Waals surface area (Å²) in [6.07, 6.45) is 0. The Morgan fingerprint density at radius 1 is 1.04 bits per heavy atom. The topological polar surface area (TPSA) is 113 Å². The number of aliphatic hydroxyl groups excluding tert-OH is 1. The maximum absolute atomic E-state index is 12.4. The Hall–Kier alpha value is -3.45. The van der Waals surface area contributed by atoms with Crippen LogP contribution in [0.2, 0.25) is 0 Å². The molecule has 7 heteroatoms. The SMILES string of the molecule is Nc1ccc(C(=O)Nc2cc(-c3ccccc3)nc(NCCO)n2)cc1. The number of benzene rings is 2. The van der Waals surface area contributed by atoms with E-state index in [0.717, 1.165) is 5.56 Å². The fourth-order valence-electron chi connectivity index (χ4n) is 2.34. The van der Waals surface area contributed by atoms with E-state index in [9.17, 15) is 4.79 Å². The van der Waals surface area contributed by atoms with Gasteiger partial charge in [-0.25, -0.2) is 4.98 Å². The van der Waals surface area contributed by atoms with Crippen molar-refractivity contribution >= 4 is 23.4 Å². The van der Waals surface area contributed by atoms with Gasteiger partial charge in [-0.3, -0.25) is 4.79 Å². The highest BCUT2D eigenvalue weighted by molar-refractivity contribution is 6.04. The average molecular weight is 349 g/mol. The number of nitrogens with zero attached hydrogens (tertiary/aromatic N) is 2. The monoisotopic (exact) mass is 349 g/mol. The van der Waals surface area contributed by atoms with Gasteiger partial charge in [-0.2, -0.15) is 4.98 Å².